The summed E-state index contributed by atoms with van der Waals surface area (Å²) in [4.78, 5) is 13.1. The van der Waals surface area contributed by atoms with E-state index in [2.05, 4.69) is 30.3 Å². The fraction of sp³-hybridized carbons (Fsp3) is 0.294. The number of aromatic nitrogens is 2. The fourth-order valence-corrected chi connectivity index (χ4v) is 2.74. The summed E-state index contributed by atoms with van der Waals surface area (Å²) >= 11 is 5.45. The molecule has 0 aromatic carbocycles. The SMILES string of the molecule is C/C(=N\NC(=S)N1CCN(c2ccccn2)CC1)c1ccccn1.Cl. The topological polar surface area (TPSA) is 56.7 Å². The Balaban J connectivity index is 0.00000225. The van der Waals surface area contributed by atoms with Crippen LogP contribution in [-0.2, 0) is 0 Å². The maximum absolute atomic E-state index is 5.45. The van der Waals surface area contributed by atoms with Crippen LogP contribution in [0.15, 0.2) is 53.9 Å². The first kappa shape index (κ1) is 19.1. The van der Waals surface area contributed by atoms with Crippen LogP contribution in [0.2, 0.25) is 0 Å². The Labute approximate surface area is 159 Å². The maximum Gasteiger partial charge on any atom is 0.189 e. The minimum absolute atomic E-state index is 0. The molecular weight excluding hydrogens is 356 g/mol. The predicted molar refractivity (Wildman–Crippen MR) is 107 cm³/mol. The summed E-state index contributed by atoms with van der Waals surface area (Å²) in [5.74, 6) is 1.01. The third-order valence-corrected chi connectivity index (χ3v) is 4.24. The van der Waals surface area contributed by atoms with E-state index in [4.69, 9.17) is 12.2 Å². The number of pyridine rings is 2. The summed E-state index contributed by atoms with van der Waals surface area (Å²) in [6, 6.07) is 11.7. The molecule has 0 bridgehead atoms. The van der Waals surface area contributed by atoms with Crippen LogP contribution in [0.1, 0.15) is 12.6 Å². The number of hydrogen-bond donors (Lipinski definition) is 1. The van der Waals surface area contributed by atoms with Gasteiger partial charge in [-0.25, -0.2) is 4.98 Å². The quantitative estimate of drug-likeness (QED) is 0.504. The van der Waals surface area contributed by atoms with Gasteiger partial charge in [0.1, 0.15) is 5.82 Å². The number of piperazine rings is 1. The van der Waals surface area contributed by atoms with Gasteiger partial charge in [-0.1, -0.05) is 12.1 Å². The van der Waals surface area contributed by atoms with Crippen molar-refractivity contribution in [2.24, 2.45) is 5.10 Å². The highest BCUT2D eigenvalue weighted by molar-refractivity contribution is 7.80. The molecule has 0 amide bonds. The first-order valence-electron chi connectivity index (χ1n) is 7.90. The number of anilines is 1. The van der Waals surface area contributed by atoms with E-state index in [1.54, 1.807) is 6.20 Å². The number of rotatable bonds is 3. The van der Waals surface area contributed by atoms with Crippen molar-refractivity contribution in [1.29, 1.82) is 0 Å². The lowest BCUT2D eigenvalue weighted by Gasteiger charge is -2.36. The fourth-order valence-electron chi connectivity index (χ4n) is 2.52. The molecule has 2 aromatic heterocycles. The van der Waals surface area contributed by atoms with Crippen molar-refractivity contribution in [3.05, 3.63) is 54.5 Å². The molecule has 2 aromatic rings. The average molecular weight is 377 g/mol. The molecular formula is C17H21ClN6S. The Bertz CT molecular complexity index is 702. The number of halogens is 1. The van der Waals surface area contributed by atoms with Crippen LogP contribution in [-0.4, -0.2) is 51.9 Å². The summed E-state index contributed by atoms with van der Waals surface area (Å²) < 4.78 is 0. The van der Waals surface area contributed by atoms with E-state index in [0.717, 1.165) is 43.4 Å². The first-order chi connectivity index (χ1) is 11.7. The molecule has 0 unspecified atom stereocenters. The number of hydrazone groups is 1. The normalized spacial score (nSPS) is 14.7. The molecule has 132 valence electrons. The van der Waals surface area contributed by atoms with Crippen molar-refractivity contribution in [2.75, 3.05) is 31.1 Å². The second kappa shape index (κ2) is 9.29. The molecule has 1 N–H and O–H groups in total. The average Bonchev–Trinajstić information content (AvgIpc) is 2.67. The second-order valence-electron chi connectivity index (χ2n) is 5.49. The zero-order valence-corrected chi connectivity index (χ0v) is 15.6. The summed E-state index contributed by atoms with van der Waals surface area (Å²) in [5, 5.41) is 4.99. The molecule has 1 fully saturated rings. The van der Waals surface area contributed by atoms with Gasteiger partial charge in [0.2, 0.25) is 0 Å². The number of thiocarbonyl (C=S) groups is 1. The van der Waals surface area contributed by atoms with E-state index >= 15 is 0 Å². The van der Waals surface area contributed by atoms with Crippen LogP contribution in [0.4, 0.5) is 5.82 Å². The largest absolute Gasteiger partial charge is 0.353 e. The van der Waals surface area contributed by atoms with Gasteiger partial charge in [0.25, 0.3) is 0 Å². The van der Waals surface area contributed by atoms with Gasteiger partial charge in [-0.2, -0.15) is 5.10 Å². The summed E-state index contributed by atoms with van der Waals surface area (Å²) in [6.07, 6.45) is 3.58. The summed E-state index contributed by atoms with van der Waals surface area (Å²) in [6.45, 7) is 5.39. The van der Waals surface area contributed by atoms with Crippen LogP contribution in [0.3, 0.4) is 0 Å². The van der Waals surface area contributed by atoms with Crippen molar-refractivity contribution in [2.45, 2.75) is 6.92 Å². The minimum atomic E-state index is 0. The van der Waals surface area contributed by atoms with Crippen molar-refractivity contribution in [1.82, 2.24) is 20.3 Å². The summed E-state index contributed by atoms with van der Waals surface area (Å²) in [5.41, 5.74) is 4.63. The van der Waals surface area contributed by atoms with E-state index in [1.807, 2.05) is 49.5 Å². The van der Waals surface area contributed by atoms with Gasteiger partial charge >= 0.3 is 0 Å². The number of nitrogens with one attached hydrogen (secondary N) is 1. The minimum Gasteiger partial charge on any atom is -0.353 e. The highest BCUT2D eigenvalue weighted by Gasteiger charge is 2.19. The molecule has 0 spiro atoms. The molecule has 0 atom stereocenters. The Morgan fingerprint density at radius 1 is 1.04 bits per heavy atom. The van der Waals surface area contributed by atoms with Crippen molar-refractivity contribution in [3.8, 4) is 0 Å². The highest BCUT2D eigenvalue weighted by atomic mass is 35.5. The van der Waals surface area contributed by atoms with Crippen molar-refractivity contribution < 1.29 is 0 Å². The lowest BCUT2D eigenvalue weighted by molar-refractivity contribution is 0.380. The predicted octanol–water partition coefficient (Wildman–Crippen LogP) is 2.32. The molecule has 8 heteroatoms. The molecule has 1 aliphatic heterocycles. The lowest BCUT2D eigenvalue weighted by atomic mass is 10.3. The highest BCUT2D eigenvalue weighted by Crippen LogP contribution is 2.12. The smallest absolute Gasteiger partial charge is 0.189 e. The van der Waals surface area contributed by atoms with Crippen LogP contribution in [0.25, 0.3) is 0 Å². The molecule has 0 radical (unpaired) electrons. The Morgan fingerprint density at radius 3 is 2.32 bits per heavy atom. The van der Waals surface area contributed by atoms with Crippen molar-refractivity contribution in [3.63, 3.8) is 0 Å². The number of hydrogen-bond acceptors (Lipinski definition) is 5. The zero-order valence-electron chi connectivity index (χ0n) is 14.0. The van der Waals surface area contributed by atoms with E-state index in [0.29, 0.717) is 5.11 Å². The van der Waals surface area contributed by atoms with Gasteiger partial charge < -0.3 is 9.80 Å². The zero-order chi connectivity index (χ0) is 16.8. The van der Waals surface area contributed by atoms with E-state index in [-0.39, 0.29) is 12.4 Å². The van der Waals surface area contributed by atoms with Crippen LogP contribution >= 0.6 is 24.6 Å². The first-order valence-corrected chi connectivity index (χ1v) is 8.31. The molecule has 0 saturated carbocycles. The van der Waals surface area contributed by atoms with E-state index in [9.17, 15) is 0 Å². The van der Waals surface area contributed by atoms with E-state index < -0.39 is 0 Å². The maximum atomic E-state index is 5.45. The van der Waals surface area contributed by atoms with Gasteiger partial charge in [0, 0.05) is 38.6 Å². The number of nitrogens with zero attached hydrogens (tertiary/aromatic N) is 5. The van der Waals surface area contributed by atoms with Gasteiger partial charge in [-0.15, -0.1) is 12.4 Å². The van der Waals surface area contributed by atoms with Crippen LogP contribution < -0.4 is 10.3 Å². The molecule has 25 heavy (non-hydrogen) atoms. The molecule has 1 aliphatic rings. The standard InChI is InChI=1S/C17H20N6S.ClH/c1-14(15-6-2-4-8-18-15)20-21-17(24)23-12-10-22(11-13-23)16-7-3-5-9-19-16;/h2-9H,10-13H2,1H3,(H,21,24);1H/b20-14+;. The molecule has 3 rings (SSSR count). The molecule has 0 aliphatic carbocycles. The third kappa shape index (κ3) is 5.11. The van der Waals surface area contributed by atoms with Gasteiger partial charge in [-0.3, -0.25) is 10.4 Å². The Hall–Kier alpha value is -2.25. The monoisotopic (exact) mass is 376 g/mol. The Kier molecular flexibility index (Phi) is 7.09. The van der Waals surface area contributed by atoms with Gasteiger partial charge in [-0.05, 0) is 43.4 Å². The summed E-state index contributed by atoms with van der Waals surface area (Å²) in [7, 11) is 0. The van der Waals surface area contributed by atoms with Gasteiger partial charge in [0.05, 0.1) is 11.4 Å². The van der Waals surface area contributed by atoms with Crippen LogP contribution in [0, 0.1) is 0 Å². The van der Waals surface area contributed by atoms with Gasteiger partial charge in [0.15, 0.2) is 5.11 Å². The van der Waals surface area contributed by atoms with Crippen molar-refractivity contribution >= 4 is 41.3 Å². The lowest BCUT2D eigenvalue weighted by Crippen LogP contribution is -2.51. The van der Waals surface area contributed by atoms with Crippen LogP contribution in [0.5, 0.6) is 0 Å². The molecule has 3 heterocycles. The van der Waals surface area contributed by atoms with E-state index in [1.165, 1.54) is 0 Å². The molecule has 1 saturated heterocycles. The Morgan fingerprint density at radius 2 is 1.72 bits per heavy atom. The third-order valence-electron chi connectivity index (χ3n) is 3.89. The second-order valence-corrected chi connectivity index (χ2v) is 5.88. The molecule has 6 nitrogen and oxygen atoms in total.